The number of amides is 1. The normalized spacial score (nSPS) is 14.8. The van der Waals surface area contributed by atoms with Gasteiger partial charge in [0, 0.05) is 104 Å². The van der Waals surface area contributed by atoms with Gasteiger partial charge in [-0.3, -0.25) is 19.1 Å². The van der Waals surface area contributed by atoms with Crippen LogP contribution in [0.2, 0.25) is 0 Å². The quantitative estimate of drug-likeness (QED) is 0.0807. The van der Waals surface area contributed by atoms with Gasteiger partial charge in [0.1, 0.15) is 58.7 Å². The average molecular weight is 1070 g/mol. The van der Waals surface area contributed by atoms with Crippen molar-refractivity contribution >= 4 is 39.6 Å². The fraction of sp³-hybridized carbons (Fsp3) is 0.267. The van der Waals surface area contributed by atoms with Crippen molar-refractivity contribution in [3.8, 4) is 74.1 Å². The number of nitrogens with two attached hydrogens (primary N) is 2. The second kappa shape index (κ2) is 21.2. The number of ether oxygens (including phenoxy) is 2. The highest BCUT2D eigenvalue weighted by Gasteiger charge is 2.31. The molecular weight excluding hydrogens is 1010 g/mol. The van der Waals surface area contributed by atoms with Gasteiger partial charge in [-0.15, -0.1) is 0 Å². The second-order valence-corrected chi connectivity index (χ2v) is 20.5. The first kappa shape index (κ1) is 51.0. The van der Waals surface area contributed by atoms with Gasteiger partial charge in [0.05, 0.1) is 46.6 Å². The number of carbonyl (C=O) groups excluding carboxylic acids is 1. The minimum absolute atomic E-state index is 0.0518. The lowest BCUT2D eigenvalue weighted by molar-refractivity contribution is -0.128. The fourth-order valence-corrected chi connectivity index (χ4v) is 11.5. The number of hydrogen-bond donors (Lipinski definition) is 2. The van der Waals surface area contributed by atoms with Crippen molar-refractivity contribution in [3.05, 3.63) is 145 Å². The number of piperidine rings is 2. The molecule has 0 spiro atoms. The standard InChI is InChI=1S/C60H59N17O3/c1-36-8-6-10-48(70-36)79-45-16-12-39(13-17-45)50-52-56(62)64-34-66-58(52)72(4)54(50)42-31-68-76(33-42)43-23-28-75(29-24-43)60(78)41(30-61)20-25-74-26-21-44(22-27-74)77-38(3)47(32-69-77)55-51(53-57(63)65-35-67-59(53)73(55)5)40-14-18-46(19-15-40)80-49-11-7-9-37(2)71-49/h6-20,31-35,43-44H,21-29H2,1-5H3,(H2,62,64,66)(H2,63,65,67)/b41-20+. The van der Waals surface area contributed by atoms with E-state index in [0.29, 0.717) is 73.0 Å². The number of fused-ring (bicyclic) bond motifs is 2. The van der Waals surface area contributed by atoms with Crippen molar-refractivity contribution in [1.82, 2.24) is 68.4 Å². The van der Waals surface area contributed by atoms with Gasteiger partial charge in [-0.05, 0) is 100 Å². The Morgan fingerprint density at radius 1 is 0.662 bits per heavy atom. The molecule has 8 aromatic heterocycles. The topological polar surface area (TPSA) is 241 Å². The third-order valence-corrected chi connectivity index (χ3v) is 15.6. The Hall–Kier alpha value is -9.74. The van der Waals surface area contributed by atoms with Crippen molar-refractivity contribution in [2.45, 2.75) is 58.5 Å². The van der Waals surface area contributed by atoms with Gasteiger partial charge >= 0.3 is 0 Å². The lowest BCUT2D eigenvalue weighted by Crippen LogP contribution is -2.40. The van der Waals surface area contributed by atoms with Gasteiger partial charge in [-0.1, -0.05) is 36.4 Å². The second-order valence-electron chi connectivity index (χ2n) is 20.5. The molecule has 0 radical (unpaired) electrons. The third kappa shape index (κ3) is 9.61. The average Bonchev–Trinajstić information content (AvgIpc) is 4.24. The SMILES string of the molecule is Cc1cccc(Oc2ccc(-c3c(-c4cnn(C5CCN(C(=O)/C(C#N)=C/CN6CCC(n7ncc(-c8c(-c9ccc(Oc%10cccc(C)n%10)cc9)c9c(N)ncnc9n8C)c7C)CC6)CC5)c4)n(C)c4ncnc(N)c34)cc2)n1. The van der Waals surface area contributed by atoms with Crippen LogP contribution in [0.5, 0.6) is 23.3 Å². The first-order valence-corrected chi connectivity index (χ1v) is 26.7. The number of nitrogens with zero attached hydrogens (tertiary/aromatic N) is 15. The molecule has 2 aliphatic heterocycles. The molecule has 2 fully saturated rings. The Morgan fingerprint density at radius 2 is 1.20 bits per heavy atom. The molecule has 0 aliphatic carbocycles. The molecule has 1 amide bonds. The molecule has 0 saturated carbocycles. The van der Waals surface area contributed by atoms with E-state index < -0.39 is 0 Å². The van der Waals surface area contributed by atoms with Gasteiger partial charge in [0.2, 0.25) is 11.8 Å². The highest BCUT2D eigenvalue weighted by molar-refractivity contribution is 6.09. The summed E-state index contributed by atoms with van der Waals surface area (Å²) in [5, 5.41) is 21.7. The first-order valence-electron chi connectivity index (χ1n) is 26.7. The van der Waals surface area contributed by atoms with Crippen LogP contribution in [0.15, 0.2) is 128 Å². The number of hydrogen-bond acceptors (Lipinski definition) is 15. The molecule has 402 valence electrons. The van der Waals surface area contributed by atoms with Crippen molar-refractivity contribution in [1.29, 1.82) is 5.26 Å². The lowest BCUT2D eigenvalue weighted by Gasteiger charge is -2.33. The predicted molar refractivity (Wildman–Crippen MR) is 305 cm³/mol. The number of anilines is 2. The zero-order valence-corrected chi connectivity index (χ0v) is 45.2. The Labute approximate surface area is 461 Å². The highest BCUT2D eigenvalue weighted by Crippen LogP contribution is 2.45. The van der Waals surface area contributed by atoms with Crippen LogP contribution in [0.4, 0.5) is 11.6 Å². The number of likely N-dealkylation sites (tertiary alicyclic amines) is 2. The van der Waals surface area contributed by atoms with E-state index in [1.54, 1.807) is 11.0 Å². The largest absolute Gasteiger partial charge is 0.439 e. The number of aromatic nitrogens is 12. The number of nitriles is 1. The summed E-state index contributed by atoms with van der Waals surface area (Å²) in [5.74, 6) is 2.90. The van der Waals surface area contributed by atoms with E-state index in [0.717, 1.165) is 104 Å². The molecule has 12 rings (SSSR count). The summed E-state index contributed by atoms with van der Waals surface area (Å²) in [5.41, 5.74) is 24.9. The molecule has 10 heterocycles. The van der Waals surface area contributed by atoms with Gasteiger partial charge in [0.25, 0.3) is 5.91 Å². The molecule has 2 aliphatic rings. The monoisotopic (exact) mass is 1070 g/mol. The van der Waals surface area contributed by atoms with Crippen LogP contribution in [0, 0.1) is 32.1 Å². The summed E-state index contributed by atoms with van der Waals surface area (Å²) in [6.07, 6.45) is 13.7. The molecule has 20 heteroatoms. The molecule has 0 bridgehead atoms. The highest BCUT2D eigenvalue weighted by atomic mass is 16.5. The molecule has 0 atom stereocenters. The Balaban J connectivity index is 0.689. The fourth-order valence-electron chi connectivity index (χ4n) is 11.5. The van der Waals surface area contributed by atoms with E-state index in [4.69, 9.17) is 31.1 Å². The summed E-state index contributed by atoms with van der Waals surface area (Å²) in [4.78, 5) is 45.0. The lowest BCUT2D eigenvalue weighted by atomic mass is 9.98. The van der Waals surface area contributed by atoms with Gasteiger partial charge in [0.15, 0.2) is 0 Å². The summed E-state index contributed by atoms with van der Waals surface area (Å²) in [6.45, 7) is 9.04. The molecule has 20 nitrogen and oxygen atoms in total. The van der Waals surface area contributed by atoms with E-state index in [1.165, 1.54) is 12.7 Å². The summed E-state index contributed by atoms with van der Waals surface area (Å²) >= 11 is 0. The Morgan fingerprint density at radius 3 is 1.75 bits per heavy atom. The zero-order valence-electron chi connectivity index (χ0n) is 45.2. The minimum Gasteiger partial charge on any atom is -0.439 e. The Kier molecular flexibility index (Phi) is 13.6. The van der Waals surface area contributed by atoms with E-state index in [2.05, 4.69) is 63.2 Å². The van der Waals surface area contributed by atoms with Crippen molar-refractivity contribution in [2.75, 3.05) is 44.2 Å². The molecule has 2 aromatic carbocycles. The number of carbonyl (C=O) groups is 1. The van der Waals surface area contributed by atoms with Crippen LogP contribution in [0.25, 0.3) is 66.8 Å². The van der Waals surface area contributed by atoms with Gasteiger partial charge < -0.3 is 35.0 Å². The summed E-state index contributed by atoms with van der Waals surface area (Å²) in [7, 11) is 3.97. The van der Waals surface area contributed by atoms with E-state index in [9.17, 15) is 10.1 Å². The summed E-state index contributed by atoms with van der Waals surface area (Å²) in [6, 6.07) is 29.5. The van der Waals surface area contributed by atoms with Gasteiger partial charge in [-0.25, -0.2) is 29.9 Å². The number of rotatable bonds is 13. The summed E-state index contributed by atoms with van der Waals surface area (Å²) < 4.78 is 20.4. The molecule has 80 heavy (non-hydrogen) atoms. The minimum atomic E-state index is -0.239. The van der Waals surface area contributed by atoms with Crippen LogP contribution in [-0.2, 0) is 18.9 Å². The van der Waals surface area contributed by atoms with Crippen molar-refractivity contribution in [3.63, 3.8) is 0 Å². The molecule has 2 saturated heterocycles. The van der Waals surface area contributed by atoms with Crippen LogP contribution >= 0.6 is 0 Å². The number of pyridine rings is 2. The Bertz CT molecular complexity index is 4040. The van der Waals surface area contributed by atoms with Crippen LogP contribution in [0.1, 0.15) is 54.8 Å². The predicted octanol–water partition coefficient (Wildman–Crippen LogP) is 9.73. The molecule has 0 unspecified atom stereocenters. The maximum absolute atomic E-state index is 13.9. The maximum atomic E-state index is 13.9. The molecular formula is C60H59N17O3. The van der Waals surface area contributed by atoms with E-state index >= 15 is 0 Å². The van der Waals surface area contributed by atoms with E-state index in [-0.39, 0.29) is 23.6 Å². The van der Waals surface area contributed by atoms with Crippen LogP contribution in [-0.4, -0.2) is 107 Å². The van der Waals surface area contributed by atoms with Crippen molar-refractivity contribution < 1.29 is 14.3 Å². The first-order chi connectivity index (χ1) is 38.9. The van der Waals surface area contributed by atoms with Crippen molar-refractivity contribution in [2.24, 2.45) is 14.1 Å². The smallest absolute Gasteiger partial charge is 0.264 e. The molecule has 4 N–H and O–H groups in total. The van der Waals surface area contributed by atoms with E-state index in [1.807, 2.05) is 135 Å². The number of aryl methyl sites for hydroxylation is 4. The van der Waals surface area contributed by atoms with Crippen LogP contribution < -0.4 is 20.9 Å². The van der Waals surface area contributed by atoms with Gasteiger partial charge in [-0.2, -0.15) is 15.5 Å². The maximum Gasteiger partial charge on any atom is 0.264 e. The number of nitrogen functional groups attached to an aromatic ring is 2. The molecule has 10 aromatic rings. The van der Waals surface area contributed by atoms with Crippen LogP contribution in [0.3, 0.4) is 0 Å². The number of benzene rings is 2. The third-order valence-electron chi connectivity index (χ3n) is 15.6. The zero-order chi connectivity index (χ0) is 55.2.